The maximum absolute atomic E-state index is 9.24. The van der Waals surface area contributed by atoms with Crippen LogP contribution in [0.2, 0.25) is 0 Å². The van der Waals surface area contributed by atoms with E-state index < -0.39 is 0 Å². The van der Waals surface area contributed by atoms with Crippen molar-refractivity contribution >= 4 is 0 Å². The van der Waals surface area contributed by atoms with Crippen molar-refractivity contribution in [1.82, 2.24) is 5.32 Å². The van der Waals surface area contributed by atoms with Crippen molar-refractivity contribution in [2.75, 3.05) is 13.7 Å². The van der Waals surface area contributed by atoms with Gasteiger partial charge in [-0.1, -0.05) is 13.8 Å². The van der Waals surface area contributed by atoms with Crippen LogP contribution in [0.4, 0.5) is 0 Å². The first kappa shape index (κ1) is 9.01. The van der Waals surface area contributed by atoms with E-state index in [-0.39, 0.29) is 12.1 Å². The number of aliphatic hydroxyl groups excluding tert-OH is 1. The number of aliphatic hydroxyl groups is 1. The van der Waals surface area contributed by atoms with Crippen molar-refractivity contribution in [2.24, 2.45) is 11.8 Å². The van der Waals surface area contributed by atoms with E-state index >= 15 is 0 Å². The smallest absolute Gasteiger partial charge is 0.0615 e. The lowest BCUT2D eigenvalue weighted by Gasteiger charge is -2.30. The highest BCUT2D eigenvalue weighted by atomic mass is 16.3. The summed E-state index contributed by atoms with van der Waals surface area (Å²) in [5.41, 5.74) is 0.0133. The van der Waals surface area contributed by atoms with Crippen molar-refractivity contribution < 1.29 is 5.11 Å². The molecule has 2 heteroatoms. The first-order valence-electron chi connectivity index (χ1n) is 4.50. The van der Waals surface area contributed by atoms with Gasteiger partial charge in [0.15, 0.2) is 0 Å². The quantitative estimate of drug-likeness (QED) is 0.638. The molecule has 66 valence electrons. The molecule has 0 aliphatic heterocycles. The molecule has 0 amide bonds. The van der Waals surface area contributed by atoms with Gasteiger partial charge in [-0.3, -0.25) is 0 Å². The molecule has 1 aliphatic carbocycles. The van der Waals surface area contributed by atoms with E-state index in [1.54, 1.807) is 0 Å². The minimum atomic E-state index is 0.0133. The van der Waals surface area contributed by atoms with Gasteiger partial charge in [-0.2, -0.15) is 0 Å². The van der Waals surface area contributed by atoms with Crippen molar-refractivity contribution in [3.05, 3.63) is 0 Å². The highest BCUT2D eigenvalue weighted by molar-refractivity contribution is 5.02. The molecule has 2 nitrogen and oxygen atoms in total. The van der Waals surface area contributed by atoms with E-state index in [1.165, 1.54) is 6.42 Å². The maximum atomic E-state index is 9.24. The molecular formula is C9H19NO. The van der Waals surface area contributed by atoms with Crippen LogP contribution in [0, 0.1) is 11.8 Å². The summed E-state index contributed by atoms with van der Waals surface area (Å²) in [6.45, 7) is 4.66. The minimum absolute atomic E-state index is 0.0133. The van der Waals surface area contributed by atoms with Crippen molar-refractivity contribution in [3.63, 3.8) is 0 Å². The second-order valence-corrected chi connectivity index (χ2v) is 3.74. The molecule has 1 rings (SSSR count). The van der Waals surface area contributed by atoms with E-state index in [9.17, 15) is 5.11 Å². The van der Waals surface area contributed by atoms with E-state index in [1.807, 2.05) is 7.05 Å². The van der Waals surface area contributed by atoms with E-state index in [0.29, 0.717) is 5.92 Å². The van der Waals surface area contributed by atoms with E-state index in [4.69, 9.17) is 0 Å². The van der Waals surface area contributed by atoms with Gasteiger partial charge in [0.1, 0.15) is 0 Å². The summed E-state index contributed by atoms with van der Waals surface area (Å²) in [6, 6.07) is 0. The fraction of sp³-hybridized carbons (Fsp3) is 1.00. The topological polar surface area (TPSA) is 32.3 Å². The molecule has 0 aromatic heterocycles. The first-order valence-corrected chi connectivity index (χ1v) is 4.50. The van der Waals surface area contributed by atoms with Crippen LogP contribution in [-0.4, -0.2) is 24.3 Å². The minimum Gasteiger partial charge on any atom is -0.394 e. The Morgan fingerprint density at radius 1 is 1.64 bits per heavy atom. The number of nitrogens with one attached hydrogen (secondary N) is 1. The molecule has 0 aromatic carbocycles. The molecule has 0 radical (unpaired) electrons. The first-order chi connectivity index (χ1) is 5.20. The molecule has 1 aliphatic rings. The van der Waals surface area contributed by atoms with Crippen molar-refractivity contribution in [1.29, 1.82) is 0 Å². The number of hydrogen-bond donors (Lipinski definition) is 2. The fourth-order valence-electron chi connectivity index (χ4n) is 2.02. The largest absolute Gasteiger partial charge is 0.394 e. The van der Waals surface area contributed by atoms with Gasteiger partial charge < -0.3 is 10.4 Å². The normalized spacial score (nSPS) is 34.9. The second-order valence-electron chi connectivity index (χ2n) is 3.74. The molecule has 0 spiro atoms. The van der Waals surface area contributed by atoms with Crippen molar-refractivity contribution in [3.8, 4) is 0 Å². The summed E-state index contributed by atoms with van der Waals surface area (Å²) in [4.78, 5) is 0. The maximum Gasteiger partial charge on any atom is 0.0615 e. The molecule has 0 aromatic rings. The molecule has 0 heterocycles. The van der Waals surface area contributed by atoms with E-state index in [0.717, 1.165) is 12.3 Å². The van der Waals surface area contributed by atoms with Crippen LogP contribution in [0.15, 0.2) is 0 Å². The highest BCUT2D eigenvalue weighted by Gasteiger charge is 2.48. The zero-order chi connectivity index (χ0) is 8.48. The molecule has 1 saturated carbocycles. The Hall–Kier alpha value is -0.0800. The summed E-state index contributed by atoms with van der Waals surface area (Å²) in [5, 5.41) is 12.5. The van der Waals surface area contributed by atoms with Crippen LogP contribution in [0.1, 0.15) is 26.7 Å². The average molecular weight is 157 g/mol. The second kappa shape index (κ2) is 3.11. The van der Waals surface area contributed by atoms with Gasteiger partial charge >= 0.3 is 0 Å². The van der Waals surface area contributed by atoms with Crippen LogP contribution in [-0.2, 0) is 0 Å². The molecule has 3 unspecified atom stereocenters. The fourth-order valence-corrected chi connectivity index (χ4v) is 2.02. The molecule has 11 heavy (non-hydrogen) atoms. The predicted molar refractivity (Wildman–Crippen MR) is 46.4 cm³/mol. The molecule has 0 saturated heterocycles. The summed E-state index contributed by atoms with van der Waals surface area (Å²) >= 11 is 0. The molecule has 3 atom stereocenters. The van der Waals surface area contributed by atoms with Gasteiger partial charge in [0, 0.05) is 5.54 Å². The SMILES string of the molecule is CCC(CO)(NC)C1CC1C. The molecule has 2 N–H and O–H groups in total. The lowest BCUT2D eigenvalue weighted by Crippen LogP contribution is -2.48. The zero-order valence-electron chi connectivity index (χ0n) is 7.72. The van der Waals surface area contributed by atoms with Crippen LogP contribution in [0.3, 0.4) is 0 Å². The average Bonchev–Trinajstić information content (AvgIpc) is 2.73. The lowest BCUT2D eigenvalue weighted by molar-refractivity contribution is 0.139. The Bertz CT molecular complexity index is 123. The Labute approximate surface area is 69.0 Å². The lowest BCUT2D eigenvalue weighted by atomic mass is 9.90. The summed E-state index contributed by atoms with van der Waals surface area (Å²) < 4.78 is 0. The van der Waals surface area contributed by atoms with Gasteiger partial charge in [0.2, 0.25) is 0 Å². The highest BCUT2D eigenvalue weighted by Crippen LogP contribution is 2.46. The van der Waals surface area contributed by atoms with Crippen LogP contribution in [0.25, 0.3) is 0 Å². The third-order valence-corrected chi connectivity index (χ3v) is 3.23. The summed E-state index contributed by atoms with van der Waals surface area (Å²) in [5.74, 6) is 1.50. The Morgan fingerprint density at radius 3 is 2.27 bits per heavy atom. The molecule has 0 bridgehead atoms. The van der Waals surface area contributed by atoms with Gasteiger partial charge in [0.25, 0.3) is 0 Å². The summed E-state index contributed by atoms with van der Waals surface area (Å²) in [7, 11) is 1.95. The van der Waals surface area contributed by atoms with Crippen molar-refractivity contribution in [2.45, 2.75) is 32.2 Å². The van der Waals surface area contributed by atoms with E-state index in [2.05, 4.69) is 19.2 Å². The standard InChI is InChI=1S/C9H19NO/c1-4-9(6-11,10-3)8-5-7(8)2/h7-8,10-11H,4-6H2,1-3H3. The molecule has 1 fully saturated rings. The molecular weight excluding hydrogens is 138 g/mol. The Morgan fingerprint density at radius 2 is 2.18 bits per heavy atom. The van der Waals surface area contributed by atoms with Crippen LogP contribution >= 0.6 is 0 Å². The summed E-state index contributed by atoms with van der Waals surface area (Å²) in [6.07, 6.45) is 2.30. The van der Waals surface area contributed by atoms with Crippen LogP contribution < -0.4 is 5.32 Å². The van der Waals surface area contributed by atoms with Gasteiger partial charge in [-0.25, -0.2) is 0 Å². The number of rotatable bonds is 4. The van der Waals surface area contributed by atoms with Crippen LogP contribution in [0.5, 0.6) is 0 Å². The zero-order valence-corrected chi connectivity index (χ0v) is 7.72. The van der Waals surface area contributed by atoms with Gasteiger partial charge in [0.05, 0.1) is 6.61 Å². The van der Waals surface area contributed by atoms with Gasteiger partial charge in [-0.15, -0.1) is 0 Å². The Balaban J connectivity index is 2.57. The van der Waals surface area contributed by atoms with Gasteiger partial charge in [-0.05, 0) is 31.7 Å². The predicted octanol–water partition coefficient (Wildman–Crippen LogP) is 1.00. The number of hydrogen-bond acceptors (Lipinski definition) is 2. The third kappa shape index (κ3) is 1.42. The Kier molecular flexibility index (Phi) is 2.55. The monoisotopic (exact) mass is 157 g/mol. The third-order valence-electron chi connectivity index (χ3n) is 3.23. The number of likely N-dealkylation sites (N-methyl/N-ethyl adjacent to an activating group) is 1.